The Morgan fingerprint density at radius 2 is 2.26 bits per heavy atom. The quantitative estimate of drug-likeness (QED) is 0.737. The Kier molecular flexibility index (Phi) is 4.38. The van der Waals surface area contributed by atoms with Gasteiger partial charge in [0.15, 0.2) is 5.76 Å². The molecule has 0 radical (unpaired) electrons. The molecular weight excluding hydrogens is 250 g/mol. The van der Waals surface area contributed by atoms with Crippen LogP contribution in [-0.2, 0) is 11.3 Å². The van der Waals surface area contributed by atoms with E-state index < -0.39 is 5.97 Å². The first-order valence-corrected chi connectivity index (χ1v) is 6.31. The van der Waals surface area contributed by atoms with Gasteiger partial charge in [0.2, 0.25) is 0 Å². The van der Waals surface area contributed by atoms with Gasteiger partial charge in [-0.3, -0.25) is 4.79 Å². The van der Waals surface area contributed by atoms with Gasteiger partial charge >= 0.3 is 12.0 Å². The standard InChI is InChI=1S/C12H17N3O4/c16-11(17)10-3-1-2-8(10)6-13-12(18)14-7-9-4-5-15-19-9/h4-5,8,10H,1-3,6-7H2,(H,16,17)(H2,13,14,18). The summed E-state index contributed by atoms with van der Waals surface area (Å²) in [5, 5.41) is 17.9. The van der Waals surface area contributed by atoms with Gasteiger partial charge in [-0.2, -0.15) is 0 Å². The Labute approximate surface area is 110 Å². The zero-order valence-corrected chi connectivity index (χ0v) is 10.5. The number of hydrogen-bond acceptors (Lipinski definition) is 4. The minimum atomic E-state index is -0.772. The number of aliphatic carboxylic acids is 1. The van der Waals surface area contributed by atoms with E-state index in [2.05, 4.69) is 15.8 Å². The van der Waals surface area contributed by atoms with Crippen molar-refractivity contribution in [3.8, 4) is 0 Å². The summed E-state index contributed by atoms with van der Waals surface area (Å²) in [5.41, 5.74) is 0. The highest BCUT2D eigenvalue weighted by Gasteiger charge is 2.32. The summed E-state index contributed by atoms with van der Waals surface area (Å²) in [7, 11) is 0. The normalized spacial score (nSPS) is 22.1. The molecule has 1 aliphatic carbocycles. The van der Waals surface area contributed by atoms with Crippen LogP contribution in [-0.4, -0.2) is 28.8 Å². The van der Waals surface area contributed by atoms with Gasteiger partial charge in [0.1, 0.15) is 0 Å². The van der Waals surface area contributed by atoms with Crippen LogP contribution in [0.15, 0.2) is 16.8 Å². The van der Waals surface area contributed by atoms with Crippen LogP contribution in [0.5, 0.6) is 0 Å². The molecule has 0 spiro atoms. The third kappa shape index (κ3) is 3.70. The first kappa shape index (κ1) is 13.4. The Morgan fingerprint density at radius 3 is 2.95 bits per heavy atom. The second-order valence-electron chi connectivity index (χ2n) is 4.68. The fraction of sp³-hybridized carbons (Fsp3) is 0.583. The molecule has 2 rings (SSSR count). The average molecular weight is 267 g/mol. The van der Waals surface area contributed by atoms with Crippen molar-refractivity contribution in [1.29, 1.82) is 0 Å². The fourth-order valence-electron chi connectivity index (χ4n) is 2.39. The van der Waals surface area contributed by atoms with Crippen LogP contribution in [0.3, 0.4) is 0 Å². The molecule has 0 aromatic carbocycles. The van der Waals surface area contributed by atoms with Crippen molar-refractivity contribution in [2.24, 2.45) is 11.8 Å². The van der Waals surface area contributed by atoms with E-state index in [1.165, 1.54) is 6.20 Å². The SMILES string of the molecule is O=C(NCc1ccno1)NCC1CCCC1C(=O)O. The lowest BCUT2D eigenvalue weighted by molar-refractivity contribution is -0.142. The molecule has 1 aromatic heterocycles. The fourth-order valence-corrected chi connectivity index (χ4v) is 2.39. The van der Waals surface area contributed by atoms with E-state index in [1.54, 1.807) is 6.07 Å². The smallest absolute Gasteiger partial charge is 0.315 e. The molecule has 0 aliphatic heterocycles. The molecule has 1 aliphatic rings. The van der Waals surface area contributed by atoms with Crippen LogP contribution in [0, 0.1) is 11.8 Å². The second kappa shape index (κ2) is 6.21. The van der Waals surface area contributed by atoms with Crippen molar-refractivity contribution in [1.82, 2.24) is 15.8 Å². The Morgan fingerprint density at radius 1 is 1.42 bits per heavy atom. The van der Waals surface area contributed by atoms with Crippen molar-refractivity contribution in [3.05, 3.63) is 18.0 Å². The van der Waals surface area contributed by atoms with Gasteiger partial charge in [-0.1, -0.05) is 11.6 Å². The second-order valence-corrected chi connectivity index (χ2v) is 4.68. The number of urea groups is 1. The predicted octanol–water partition coefficient (Wildman–Crippen LogP) is 0.975. The van der Waals surface area contributed by atoms with Gasteiger partial charge in [0.05, 0.1) is 18.7 Å². The lowest BCUT2D eigenvalue weighted by Gasteiger charge is -2.16. The Balaban J connectivity index is 1.70. The molecule has 3 N–H and O–H groups in total. The Bertz CT molecular complexity index is 432. The van der Waals surface area contributed by atoms with E-state index in [-0.39, 0.29) is 24.4 Å². The molecule has 1 aromatic rings. The first-order chi connectivity index (χ1) is 9.16. The van der Waals surface area contributed by atoms with Crippen molar-refractivity contribution in [2.75, 3.05) is 6.54 Å². The number of carboxylic acid groups (broad SMARTS) is 1. The number of carbonyl (C=O) groups excluding carboxylic acids is 1. The van der Waals surface area contributed by atoms with Crippen molar-refractivity contribution in [3.63, 3.8) is 0 Å². The summed E-state index contributed by atoms with van der Waals surface area (Å²) in [4.78, 5) is 22.5. The number of aromatic nitrogens is 1. The molecule has 0 bridgehead atoms. The third-order valence-corrected chi connectivity index (χ3v) is 3.42. The van der Waals surface area contributed by atoms with Gasteiger partial charge in [-0.05, 0) is 18.8 Å². The number of amides is 2. The van der Waals surface area contributed by atoms with Crippen molar-refractivity contribution >= 4 is 12.0 Å². The highest BCUT2D eigenvalue weighted by Crippen LogP contribution is 2.31. The molecular formula is C12H17N3O4. The molecule has 2 amide bonds. The highest BCUT2D eigenvalue weighted by molar-refractivity contribution is 5.74. The maximum absolute atomic E-state index is 11.5. The molecule has 1 fully saturated rings. The summed E-state index contributed by atoms with van der Waals surface area (Å²) in [6.45, 7) is 0.651. The molecule has 1 saturated carbocycles. The zero-order chi connectivity index (χ0) is 13.7. The summed E-state index contributed by atoms with van der Waals surface area (Å²) < 4.78 is 4.84. The molecule has 1 heterocycles. The van der Waals surface area contributed by atoms with Crippen LogP contribution in [0.4, 0.5) is 4.79 Å². The van der Waals surface area contributed by atoms with E-state index >= 15 is 0 Å². The number of carbonyl (C=O) groups is 2. The monoisotopic (exact) mass is 267 g/mol. The lowest BCUT2D eigenvalue weighted by Crippen LogP contribution is -2.39. The number of nitrogens with zero attached hydrogens (tertiary/aromatic N) is 1. The van der Waals surface area contributed by atoms with Gasteiger partial charge in [0.25, 0.3) is 0 Å². The summed E-state index contributed by atoms with van der Waals surface area (Å²) in [6, 6.07) is 1.34. The minimum absolute atomic E-state index is 0.0218. The molecule has 2 atom stereocenters. The molecule has 7 nitrogen and oxygen atoms in total. The van der Waals surface area contributed by atoms with Crippen LogP contribution in [0.2, 0.25) is 0 Å². The number of carboxylic acids is 1. The van der Waals surface area contributed by atoms with Gasteiger partial charge < -0.3 is 20.3 Å². The van der Waals surface area contributed by atoms with Crippen LogP contribution >= 0.6 is 0 Å². The van der Waals surface area contributed by atoms with Gasteiger partial charge in [-0.15, -0.1) is 0 Å². The average Bonchev–Trinajstić information content (AvgIpc) is 3.04. The molecule has 19 heavy (non-hydrogen) atoms. The minimum Gasteiger partial charge on any atom is -0.481 e. The maximum Gasteiger partial charge on any atom is 0.315 e. The highest BCUT2D eigenvalue weighted by atomic mass is 16.5. The van der Waals surface area contributed by atoms with E-state index in [0.717, 1.165) is 12.8 Å². The number of hydrogen-bond donors (Lipinski definition) is 3. The van der Waals surface area contributed by atoms with Gasteiger partial charge in [-0.25, -0.2) is 4.79 Å². The summed E-state index contributed by atoms with van der Waals surface area (Å²) >= 11 is 0. The molecule has 2 unspecified atom stereocenters. The van der Waals surface area contributed by atoms with E-state index in [1.807, 2.05) is 0 Å². The van der Waals surface area contributed by atoms with Gasteiger partial charge in [0, 0.05) is 12.6 Å². The topological polar surface area (TPSA) is 104 Å². The van der Waals surface area contributed by atoms with Crippen LogP contribution in [0.1, 0.15) is 25.0 Å². The van der Waals surface area contributed by atoms with Crippen LogP contribution < -0.4 is 10.6 Å². The number of nitrogens with one attached hydrogen (secondary N) is 2. The van der Waals surface area contributed by atoms with E-state index in [9.17, 15) is 9.59 Å². The van der Waals surface area contributed by atoms with Crippen LogP contribution in [0.25, 0.3) is 0 Å². The summed E-state index contributed by atoms with van der Waals surface area (Å²) in [6.07, 6.45) is 3.95. The van der Waals surface area contributed by atoms with E-state index in [4.69, 9.17) is 9.63 Å². The number of rotatable bonds is 5. The van der Waals surface area contributed by atoms with E-state index in [0.29, 0.717) is 18.7 Å². The zero-order valence-electron chi connectivity index (χ0n) is 10.5. The Hall–Kier alpha value is -2.05. The van der Waals surface area contributed by atoms with Crippen molar-refractivity contribution in [2.45, 2.75) is 25.8 Å². The first-order valence-electron chi connectivity index (χ1n) is 6.31. The maximum atomic E-state index is 11.5. The predicted molar refractivity (Wildman–Crippen MR) is 65.2 cm³/mol. The summed E-state index contributed by atoms with van der Waals surface area (Å²) in [5.74, 6) is -0.520. The molecule has 104 valence electrons. The third-order valence-electron chi connectivity index (χ3n) is 3.42. The molecule has 7 heteroatoms. The molecule has 0 saturated heterocycles. The van der Waals surface area contributed by atoms with Crippen molar-refractivity contribution < 1.29 is 19.2 Å². The lowest BCUT2D eigenvalue weighted by atomic mass is 9.96. The largest absolute Gasteiger partial charge is 0.481 e.